The van der Waals surface area contributed by atoms with Crippen molar-refractivity contribution >= 4 is 46.7 Å². The summed E-state index contributed by atoms with van der Waals surface area (Å²) in [5.74, 6) is 0. The highest BCUT2D eigenvalue weighted by atomic mass is 35.5. The maximum absolute atomic E-state index is 12.6. The average molecular weight is 423 g/mol. The molecule has 2 aromatic rings. The van der Waals surface area contributed by atoms with E-state index in [0.29, 0.717) is 22.0 Å². The van der Waals surface area contributed by atoms with Crippen LogP contribution in [0.4, 0.5) is 23.7 Å². The van der Waals surface area contributed by atoms with Crippen LogP contribution in [0.1, 0.15) is 18.9 Å². The maximum Gasteiger partial charge on any atom is 0.416 e. The summed E-state index contributed by atoms with van der Waals surface area (Å²) in [6.07, 6.45) is -3.58. The van der Waals surface area contributed by atoms with Gasteiger partial charge in [-0.1, -0.05) is 41.9 Å². The number of halogens is 5. The lowest BCUT2D eigenvalue weighted by atomic mass is 10.2. The van der Waals surface area contributed by atoms with Crippen LogP contribution in [0.2, 0.25) is 10.0 Å². The lowest BCUT2D eigenvalue weighted by Gasteiger charge is -2.12. The number of anilines is 1. The number of benzene rings is 2. The molecule has 9 heteroatoms. The second-order valence-electron chi connectivity index (χ2n) is 5.27. The summed E-state index contributed by atoms with van der Waals surface area (Å²) in [7, 11) is 0. The fraction of sp³-hybridized carbons (Fsp3) is 0.235. The summed E-state index contributed by atoms with van der Waals surface area (Å²) in [6, 6.07) is 7.39. The van der Waals surface area contributed by atoms with E-state index in [-0.39, 0.29) is 16.1 Å². The normalized spacial score (nSPS) is 11.3. The van der Waals surface area contributed by atoms with Gasteiger partial charge in [0.25, 0.3) is 0 Å². The van der Waals surface area contributed by atoms with E-state index in [2.05, 4.69) is 10.6 Å². The molecule has 0 aliphatic heterocycles. The standard InChI is InChI=1S/C17H15Cl2F3N2OS/c1-2-7-23-16(25)24-11-8-13(18)15(14(19)9-11)26-12-5-3-10(4-6-12)17(20,21)22/h3-6,8-9H,2,7H2,1H3,(H2,23,24,25). The molecular formula is C17H15Cl2F3N2OS. The van der Waals surface area contributed by atoms with Gasteiger partial charge in [-0.3, -0.25) is 0 Å². The van der Waals surface area contributed by atoms with E-state index < -0.39 is 11.7 Å². The zero-order valence-corrected chi connectivity index (χ0v) is 15.9. The Hall–Kier alpha value is -1.57. The maximum atomic E-state index is 12.6. The van der Waals surface area contributed by atoms with Crippen LogP contribution in [-0.2, 0) is 6.18 Å². The van der Waals surface area contributed by atoms with Crippen molar-refractivity contribution in [1.82, 2.24) is 5.32 Å². The first-order chi connectivity index (χ1) is 12.2. The van der Waals surface area contributed by atoms with Gasteiger partial charge in [-0.2, -0.15) is 13.2 Å². The zero-order valence-electron chi connectivity index (χ0n) is 13.6. The smallest absolute Gasteiger partial charge is 0.338 e. The number of rotatable bonds is 5. The lowest BCUT2D eigenvalue weighted by molar-refractivity contribution is -0.137. The van der Waals surface area contributed by atoms with Crippen LogP contribution in [0, 0.1) is 0 Å². The van der Waals surface area contributed by atoms with Crippen LogP contribution in [0.15, 0.2) is 46.2 Å². The first kappa shape index (κ1) is 20.7. The molecule has 0 atom stereocenters. The molecule has 0 unspecified atom stereocenters. The topological polar surface area (TPSA) is 41.1 Å². The van der Waals surface area contributed by atoms with Crippen LogP contribution < -0.4 is 10.6 Å². The van der Waals surface area contributed by atoms with Crippen LogP contribution in [0.3, 0.4) is 0 Å². The van der Waals surface area contributed by atoms with Crippen molar-refractivity contribution in [2.45, 2.75) is 29.3 Å². The number of amides is 2. The highest BCUT2D eigenvalue weighted by Gasteiger charge is 2.30. The number of carbonyl (C=O) groups is 1. The Balaban J connectivity index is 2.14. The van der Waals surface area contributed by atoms with Gasteiger partial charge >= 0.3 is 12.2 Å². The Bertz CT molecular complexity index is 760. The highest BCUT2D eigenvalue weighted by Crippen LogP contribution is 2.41. The molecule has 0 spiro atoms. The minimum Gasteiger partial charge on any atom is -0.338 e. The van der Waals surface area contributed by atoms with E-state index in [4.69, 9.17) is 23.2 Å². The summed E-state index contributed by atoms with van der Waals surface area (Å²) < 4.78 is 37.8. The Morgan fingerprint density at radius 3 is 2.19 bits per heavy atom. The molecule has 0 saturated heterocycles. The average Bonchev–Trinajstić information content (AvgIpc) is 2.56. The quantitative estimate of drug-likeness (QED) is 0.562. The monoisotopic (exact) mass is 422 g/mol. The Kier molecular flexibility index (Phi) is 7.08. The molecule has 26 heavy (non-hydrogen) atoms. The molecule has 0 fully saturated rings. The first-order valence-electron chi connectivity index (χ1n) is 7.59. The van der Waals surface area contributed by atoms with Gasteiger partial charge in [-0.05, 0) is 42.8 Å². The highest BCUT2D eigenvalue weighted by molar-refractivity contribution is 7.99. The van der Waals surface area contributed by atoms with Crippen molar-refractivity contribution in [3.05, 3.63) is 52.0 Å². The summed E-state index contributed by atoms with van der Waals surface area (Å²) in [4.78, 5) is 12.7. The summed E-state index contributed by atoms with van der Waals surface area (Å²) >= 11 is 13.6. The zero-order chi connectivity index (χ0) is 19.3. The second-order valence-corrected chi connectivity index (χ2v) is 7.17. The van der Waals surface area contributed by atoms with E-state index >= 15 is 0 Å². The van der Waals surface area contributed by atoms with E-state index in [1.165, 1.54) is 24.3 Å². The molecule has 0 aliphatic rings. The molecule has 2 aromatic carbocycles. The van der Waals surface area contributed by atoms with E-state index in [1.807, 2.05) is 6.92 Å². The third-order valence-corrected chi connectivity index (χ3v) is 5.17. The Morgan fingerprint density at radius 2 is 1.69 bits per heavy atom. The van der Waals surface area contributed by atoms with Crippen molar-refractivity contribution in [3.8, 4) is 0 Å². The number of urea groups is 1. The molecule has 0 bridgehead atoms. The van der Waals surface area contributed by atoms with Gasteiger partial charge in [0, 0.05) is 22.0 Å². The van der Waals surface area contributed by atoms with Gasteiger partial charge in [0.2, 0.25) is 0 Å². The predicted octanol–water partition coefficient (Wildman–Crippen LogP) is 6.69. The molecule has 2 amide bonds. The van der Waals surface area contributed by atoms with Crippen LogP contribution >= 0.6 is 35.0 Å². The number of hydrogen-bond donors (Lipinski definition) is 2. The predicted molar refractivity (Wildman–Crippen MR) is 99.3 cm³/mol. The number of carbonyl (C=O) groups excluding carboxylic acids is 1. The third-order valence-electron chi connectivity index (χ3n) is 3.19. The number of hydrogen-bond acceptors (Lipinski definition) is 2. The van der Waals surface area contributed by atoms with Crippen LogP contribution in [-0.4, -0.2) is 12.6 Å². The fourth-order valence-electron chi connectivity index (χ4n) is 1.97. The van der Waals surface area contributed by atoms with Gasteiger partial charge in [-0.15, -0.1) is 0 Å². The molecule has 2 rings (SSSR count). The van der Waals surface area contributed by atoms with Crippen molar-refractivity contribution in [2.75, 3.05) is 11.9 Å². The van der Waals surface area contributed by atoms with Gasteiger partial charge in [0.05, 0.1) is 15.6 Å². The minimum atomic E-state index is -4.38. The van der Waals surface area contributed by atoms with E-state index in [1.54, 1.807) is 0 Å². The SMILES string of the molecule is CCCNC(=O)Nc1cc(Cl)c(Sc2ccc(C(F)(F)F)cc2)c(Cl)c1. The first-order valence-corrected chi connectivity index (χ1v) is 9.17. The second kappa shape index (κ2) is 8.88. The van der Waals surface area contributed by atoms with Crippen molar-refractivity contribution in [3.63, 3.8) is 0 Å². The van der Waals surface area contributed by atoms with Gasteiger partial charge < -0.3 is 10.6 Å². The van der Waals surface area contributed by atoms with E-state index in [0.717, 1.165) is 30.3 Å². The van der Waals surface area contributed by atoms with Crippen molar-refractivity contribution in [2.24, 2.45) is 0 Å². The molecule has 0 radical (unpaired) electrons. The molecule has 2 N–H and O–H groups in total. The van der Waals surface area contributed by atoms with Gasteiger partial charge in [0.15, 0.2) is 0 Å². The summed E-state index contributed by atoms with van der Waals surface area (Å²) in [5, 5.41) is 5.85. The molecule has 0 aromatic heterocycles. The fourth-order valence-corrected chi connectivity index (χ4v) is 3.51. The van der Waals surface area contributed by atoms with Gasteiger partial charge in [0.1, 0.15) is 0 Å². The molecule has 0 aliphatic carbocycles. The van der Waals surface area contributed by atoms with Crippen LogP contribution in [0.5, 0.6) is 0 Å². The minimum absolute atomic E-state index is 0.285. The van der Waals surface area contributed by atoms with Crippen molar-refractivity contribution < 1.29 is 18.0 Å². The van der Waals surface area contributed by atoms with E-state index in [9.17, 15) is 18.0 Å². The van der Waals surface area contributed by atoms with Gasteiger partial charge in [-0.25, -0.2) is 4.79 Å². The van der Waals surface area contributed by atoms with Crippen LogP contribution in [0.25, 0.3) is 0 Å². The lowest BCUT2D eigenvalue weighted by Crippen LogP contribution is -2.29. The summed E-state index contributed by atoms with van der Waals surface area (Å²) in [5.41, 5.74) is -0.304. The Morgan fingerprint density at radius 1 is 1.12 bits per heavy atom. The summed E-state index contributed by atoms with van der Waals surface area (Å²) in [6.45, 7) is 2.47. The van der Waals surface area contributed by atoms with Crippen molar-refractivity contribution in [1.29, 1.82) is 0 Å². The molecule has 0 saturated carbocycles. The number of nitrogens with one attached hydrogen (secondary N) is 2. The molecular weight excluding hydrogens is 408 g/mol. The molecule has 140 valence electrons. The third kappa shape index (κ3) is 5.72. The molecule has 0 heterocycles. The molecule has 3 nitrogen and oxygen atoms in total. The number of alkyl halides is 3. The largest absolute Gasteiger partial charge is 0.416 e. The Labute approximate surface area is 163 Å².